The average molecular weight is 266 g/mol. The summed E-state index contributed by atoms with van der Waals surface area (Å²) in [6.07, 6.45) is 2.68. The lowest BCUT2D eigenvalue weighted by atomic mass is 9.85. The molecule has 3 rings (SSSR count). The van der Waals surface area contributed by atoms with E-state index >= 15 is 0 Å². The van der Waals surface area contributed by atoms with E-state index in [2.05, 4.69) is 31.0 Å². The second-order valence-electron chi connectivity index (χ2n) is 6.59. The molecule has 4 heteroatoms. The molecule has 0 aromatic heterocycles. The summed E-state index contributed by atoms with van der Waals surface area (Å²) >= 11 is 0. The van der Waals surface area contributed by atoms with E-state index in [1.807, 2.05) is 0 Å². The third-order valence-electron chi connectivity index (χ3n) is 5.49. The van der Waals surface area contributed by atoms with E-state index in [4.69, 9.17) is 4.74 Å². The number of fused-ring (bicyclic) bond motifs is 1. The highest BCUT2D eigenvalue weighted by Crippen LogP contribution is 2.36. The van der Waals surface area contributed by atoms with E-state index in [0.29, 0.717) is 23.8 Å². The van der Waals surface area contributed by atoms with Crippen molar-refractivity contribution in [1.82, 2.24) is 10.2 Å². The topological polar surface area (TPSA) is 41.6 Å². The van der Waals surface area contributed by atoms with Gasteiger partial charge in [-0.15, -0.1) is 0 Å². The lowest BCUT2D eigenvalue weighted by molar-refractivity contribution is -0.142. The Hall–Kier alpha value is -0.610. The molecule has 3 fully saturated rings. The molecule has 3 aliphatic rings. The van der Waals surface area contributed by atoms with Gasteiger partial charge in [0, 0.05) is 25.7 Å². The first-order valence-corrected chi connectivity index (χ1v) is 7.76. The van der Waals surface area contributed by atoms with Crippen LogP contribution in [0.2, 0.25) is 0 Å². The predicted octanol–water partition coefficient (Wildman–Crippen LogP) is 1.26. The largest absolute Gasteiger partial charge is 0.374 e. The van der Waals surface area contributed by atoms with Gasteiger partial charge in [0.15, 0.2) is 0 Å². The van der Waals surface area contributed by atoms with Crippen LogP contribution in [-0.4, -0.2) is 48.7 Å². The predicted molar refractivity (Wildman–Crippen MR) is 73.8 cm³/mol. The molecular weight excluding hydrogens is 240 g/mol. The molecule has 1 N–H and O–H groups in total. The van der Waals surface area contributed by atoms with Gasteiger partial charge in [-0.3, -0.25) is 4.79 Å². The summed E-state index contributed by atoms with van der Waals surface area (Å²) in [5, 5.41) is 3.45. The zero-order valence-corrected chi connectivity index (χ0v) is 12.3. The first-order chi connectivity index (χ1) is 9.09. The van der Waals surface area contributed by atoms with Crippen molar-refractivity contribution in [2.75, 3.05) is 19.6 Å². The van der Waals surface area contributed by atoms with Gasteiger partial charge in [-0.25, -0.2) is 0 Å². The number of rotatable bonds is 1. The van der Waals surface area contributed by atoms with Crippen LogP contribution in [0.3, 0.4) is 0 Å². The van der Waals surface area contributed by atoms with Crippen LogP contribution in [-0.2, 0) is 9.53 Å². The molecule has 0 spiro atoms. The summed E-state index contributed by atoms with van der Waals surface area (Å²) < 4.78 is 5.85. The second kappa shape index (κ2) is 5.06. The van der Waals surface area contributed by atoms with E-state index in [0.717, 1.165) is 26.1 Å². The van der Waals surface area contributed by atoms with E-state index in [-0.39, 0.29) is 18.1 Å². The van der Waals surface area contributed by atoms with Crippen LogP contribution < -0.4 is 5.32 Å². The van der Waals surface area contributed by atoms with Crippen molar-refractivity contribution in [3.63, 3.8) is 0 Å². The molecule has 0 aromatic carbocycles. The molecule has 6 atom stereocenters. The maximum Gasteiger partial charge on any atom is 0.228 e. The fourth-order valence-corrected chi connectivity index (χ4v) is 4.23. The normalized spacial score (nSPS) is 46.4. The zero-order valence-electron chi connectivity index (χ0n) is 12.3. The van der Waals surface area contributed by atoms with E-state index < -0.39 is 0 Å². The molecule has 6 unspecified atom stereocenters. The molecule has 3 saturated heterocycles. The number of likely N-dealkylation sites (tertiary alicyclic amines) is 1. The first kappa shape index (κ1) is 13.4. The number of nitrogens with one attached hydrogen (secondary N) is 1. The van der Waals surface area contributed by atoms with Gasteiger partial charge < -0.3 is 15.0 Å². The van der Waals surface area contributed by atoms with Crippen LogP contribution in [0.4, 0.5) is 0 Å². The number of ether oxygens (including phenoxy) is 1. The van der Waals surface area contributed by atoms with Crippen molar-refractivity contribution in [2.45, 2.75) is 51.9 Å². The minimum absolute atomic E-state index is 0.0503. The van der Waals surface area contributed by atoms with Crippen LogP contribution in [0.5, 0.6) is 0 Å². The molecule has 0 aromatic rings. The Morgan fingerprint density at radius 1 is 1.21 bits per heavy atom. The third kappa shape index (κ3) is 2.19. The van der Waals surface area contributed by atoms with Crippen LogP contribution in [0.25, 0.3) is 0 Å². The smallest absolute Gasteiger partial charge is 0.228 e. The minimum atomic E-state index is 0.0503. The molecule has 1 amide bonds. The Morgan fingerprint density at radius 3 is 2.68 bits per heavy atom. The summed E-state index contributed by atoms with van der Waals surface area (Å²) in [6, 6.07) is 0.427. The maximum absolute atomic E-state index is 12.9. The van der Waals surface area contributed by atoms with Crippen LogP contribution >= 0.6 is 0 Å². The zero-order chi connectivity index (χ0) is 13.6. The average Bonchev–Trinajstić information content (AvgIpc) is 2.94. The first-order valence-electron chi connectivity index (χ1n) is 7.76. The number of carbonyl (C=O) groups is 1. The van der Waals surface area contributed by atoms with Crippen molar-refractivity contribution < 1.29 is 9.53 Å². The highest BCUT2D eigenvalue weighted by atomic mass is 16.5. The van der Waals surface area contributed by atoms with E-state index in [1.165, 1.54) is 6.42 Å². The van der Waals surface area contributed by atoms with Crippen LogP contribution in [0, 0.1) is 17.8 Å². The number of hydrogen-bond donors (Lipinski definition) is 1. The van der Waals surface area contributed by atoms with E-state index in [1.54, 1.807) is 0 Å². The standard InChI is InChI=1S/C15H26N2O2/c1-9-10(2)19-11(3)14(9)15(18)17-6-4-5-12-7-16-8-13(12)17/h9-14,16H,4-8H2,1-3H3. The number of amides is 1. The SMILES string of the molecule is CC1OC(C)C(C(=O)N2CCCC3CNCC32)C1C. The summed E-state index contributed by atoms with van der Waals surface area (Å²) in [6.45, 7) is 9.29. The highest BCUT2D eigenvalue weighted by molar-refractivity contribution is 5.80. The number of hydrogen-bond acceptors (Lipinski definition) is 3. The molecule has 108 valence electrons. The van der Waals surface area contributed by atoms with Gasteiger partial charge in [0.25, 0.3) is 0 Å². The molecule has 0 aliphatic carbocycles. The molecule has 19 heavy (non-hydrogen) atoms. The number of piperidine rings is 1. The van der Waals surface area contributed by atoms with Gasteiger partial charge in [-0.1, -0.05) is 6.92 Å². The van der Waals surface area contributed by atoms with Crippen molar-refractivity contribution in [2.24, 2.45) is 17.8 Å². The summed E-state index contributed by atoms with van der Waals surface area (Å²) in [5.41, 5.74) is 0. The van der Waals surface area contributed by atoms with Crippen LogP contribution in [0.1, 0.15) is 33.6 Å². The summed E-state index contributed by atoms with van der Waals surface area (Å²) in [7, 11) is 0. The van der Waals surface area contributed by atoms with Crippen molar-refractivity contribution >= 4 is 5.91 Å². The molecule has 3 aliphatic heterocycles. The third-order valence-corrected chi connectivity index (χ3v) is 5.49. The summed E-state index contributed by atoms with van der Waals surface area (Å²) in [4.78, 5) is 15.1. The molecule has 0 saturated carbocycles. The highest BCUT2D eigenvalue weighted by Gasteiger charge is 2.46. The Labute approximate surface area is 115 Å². The summed E-state index contributed by atoms with van der Waals surface area (Å²) in [5.74, 6) is 1.39. The lowest BCUT2D eigenvalue weighted by Gasteiger charge is -2.39. The van der Waals surface area contributed by atoms with Gasteiger partial charge in [-0.05, 0) is 38.5 Å². The van der Waals surface area contributed by atoms with Gasteiger partial charge in [-0.2, -0.15) is 0 Å². The van der Waals surface area contributed by atoms with Gasteiger partial charge >= 0.3 is 0 Å². The van der Waals surface area contributed by atoms with Crippen molar-refractivity contribution in [1.29, 1.82) is 0 Å². The Balaban J connectivity index is 1.76. The number of carbonyl (C=O) groups excluding carboxylic acids is 1. The van der Waals surface area contributed by atoms with Gasteiger partial charge in [0.05, 0.1) is 18.1 Å². The van der Waals surface area contributed by atoms with E-state index in [9.17, 15) is 4.79 Å². The molecule has 3 heterocycles. The quantitative estimate of drug-likeness (QED) is 0.777. The van der Waals surface area contributed by atoms with Crippen molar-refractivity contribution in [3.8, 4) is 0 Å². The lowest BCUT2D eigenvalue weighted by Crippen LogP contribution is -2.52. The van der Waals surface area contributed by atoms with Gasteiger partial charge in [0.1, 0.15) is 0 Å². The fraction of sp³-hybridized carbons (Fsp3) is 0.933. The van der Waals surface area contributed by atoms with Crippen molar-refractivity contribution in [3.05, 3.63) is 0 Å². The molecule has 0 radical (unpaired) electrons. The minimum Gasteiger partial charge on any atom is -0.374 e. The molecule has 0 bridgehead atoms. The number of nitrogens with zero attached hydrogens (tertiary/aromatic N) is 1. The maximum atomic E-state index is 12.9. The fourth-order valence-electron chi connectivity index (χ4n) is 4.23. The Kier molecular flexibility index (Phi) is 3.56. The second-order valence-corrected chi connectivity index (χ2v) is 6.59. The monoisotopic (exact) mass is 266 g/mol. The molecular formula is C15H26N2O2. The Bertz CT molecular complexity index is 360. The van der Waals surface area contributed by atoms with Crippen LogP contribution in [0.15, 0.2) is 0 Å². The Morgan fingerprint density at radius 2 is 2.00 bits per heavy atom. The van der Waals surface area contributed by atoms with Gasteiger partial charge in [0.2, 0.25) is 5.91 Å². The molecule has 4 nitrogen and oxygen atoms in total.